The summed E-state index contributed by atoms with van der Waals surface area (Å²) in [7, 11) is 0. The van der Waals surface area contributed by atoms with Gasteiger partial charge < -0.3 is 10.4 Å². The lowest BCUT2D eigenvalue weighted by atomic mass is 10.1. The Bertz CT molecular complexity index is 539. The van der Waals surface area contributed by atoms with Crippen LogP contribution in [0.3, 0.4) is 0 Å². The summed E-state index contributed by atoms with van der Waals surface area (Å²) < 4.78 is 1.89. The Labute approximate surface area is 130 Å². The van der Waals surface area contributed by atoms with Crippen molar-refractivity contribution >= 4 is 11.8 Å². The van der Waals surface area contributed by atoms with Crippen molar-refractivity contribution in [2.45, 2.75) is 31.2 Å². The minimum atomic E-state index is 0.186. The van der Waals surface area contributed by atoms with Gasteiger partial charge in [0, 0.05) is 29.1 Å². The molecule has 0 spiro atoms. The third-order valence-corrected chi connectivity index (χ3v) is 4.84. The molecular formula is C16H23N3OS. The first-order valence-corrected chi connectivity index (χ1v) is 8.44. The van der Waals surface area contributed by atoms with Gasteiger partial charge in [0.15, 0.2) is 0 Å². The van der Waals surface area contributed by atoms with Gasteiger partial charge in [-0.25, -0.2) is 4.68 Å². The Kier molecular flexibility index (Phi) is 5.85. The number of nitrogens with zero attached hydrogens (tertiary/aromatic N) is 2. The van der Waals surface area contributed by atoms with E-state index in [0.717, 1.165) is 11.3 Å². The molecule has 1 aromatic heterocycles. The van der Waals surface area contributed by atoms with Crippen molar-refractivity contribution in [3.8, 4) is 5.69 Å². The molecule has 1 heterocycles. The standard InChI is InChI=1S/C16H23N3OS/c1-12(18-13(2)16(11-20)21-3)14-9-17-19(10-14)15-7-5-4-6-8-15/h4-10,12-13,16,18,20H,11H2,1-3H3. The summed E-state index contributed by atoms with van der Waals surface area (Å²) in [5.74, 6) is 0. The van der Waals surface area contributed by atoms with Crippen molar-refractivity contribution in [1.29, 1.82) is 0 Å². The molecule has 0 aliphatic heterocycles. The molecule has 3 atom stereocenters. The fourth-order valence-corrected chi connectivity index (χ4v) is 2.95. The third-order valence-electron chi connectivity index (χ3n) is 3.68. The number of para-hydroxylation sites is 1. The van der Waals surface area contributed by atoms with Crippen molar-refractivity contribution in [2.24, 2.45) is 0 Å². The number of nitrogens with one attached hydrogen (secondary N) is 1. The first-order chi connectivity index (χ1) is 10.2. The van der Waals surface area contributed by atoms with Crippen molar-refractivity contribution < 1.29 is 5.11 Å². The number of aliphatic hydroxyl groups excluding tert-OH is 1. The maximum atomic E-state index is 9.36. The van der Waals surface area contributed by atoms with Crippen LogP contribution in [0.4, 0.5) is 0 Å². The fraction of sp³-hybridized carbons (Fsp3) is 0.438. The second-order valence-electron chi connectivity index (χ2n) is 5.19. The number of rotatable bonds is 7. The molecule has 0 radical (unpaired) electrons. The van der Waals surface area contributed by atoms with Gasteiger partial charge in [-0.3, -0.25) is 0 Å². The zero-order chi connectivity index (χ0) is 15.2. The molecule has 5 heteroatoms. The van der Waals surface area contributed by atoms with E-state index < -0.39 is 0 Å². The van der Waals surface area contributed by atoms with E-state index in [1.165, 1.54) is 0 Å². The van der Waals surface area contributed by atoms with Crippen molar-refractivity contribution in [2.75, 3.05) is 12.9 Å². The summed E-state index contributed by atoms with van der Waals surface area (Å²) in [4.78, 5) is 0. The number of aromatic nitrogens is 2. The highest BCUT2D eigenvalue weighted by Crippen LogP contribution is 2.18. The summed E-state index contributed by atoms with van der Waals surface area (Å²) in [6, 6.07) is 10.5. The number of thioether (sulfide) groups is 1. The van der Waals surface area contributed by atoms with Crippen LogP contribution in [0.1, 0.15) is 25.5 Å². The second kappa shape index (κ2) is 7.64. The molecule has 0 amide bonds. The van der Waals surface area contributed by atoms with Crippen LogP contribution in [0.5, 0.6) is 0 Å². The molecule has 0 saturated carbocycles. The lowest BCUT2D eigenvalue weighted by molar-refractivity contribution is 0.272. The molecule has 2 rings (SSSR count). The summed E-state index contributed by atoms with van der Waals surface area (Å²) in [5, 5.41) is 17.5. The third kappa shape index (κ3) is 4.09. The molecule has 114 valence electrons. The van der Waals surface area contributed by atoms with E-state index in [-0.39, 0.29) is 23.9 Å². The zero-order valence-electron chi connectivity index (χ0n) is 12.7. The van der Waals surface area contributed by atoms with Crippen LogP contribution in [0.2, 0.25) is 0 Å². The molecular weight excluding hydrogens is 282 g/mol. The van der Waals surface area contributed by atoms with Gasteiger partial charge in [-0.05, 0) is 32.2 Å². The Hall–Kier alpha value is -1.30. The molecule has 4 nitrogen and oxygen atoms in total. The molecule has 0 bridgehead atoms. The first kappa shape index (κ1) is 16.1. The fourth-order valence-electron chi connectivity index (χ4n) is 2.32. The minimum Gasteiger partial charge on any atom is -0.395 e. The number of hydrogen-bond donors (Lipinski definition) is 2. The average Bonchev–Trinajstić information content (AvgIpc) is 2.99. The van der Waals surface area contributed by atoms with Crippen molar-refractivity contribution in [3.63, 3.8) is 0 Å². The van der Waals surface area contributed by atoms with E-state index in [0.29, 0.717) is 0 Å². The Morgan fingerprint density at radius 1 is 1.29 bits per heavy atom. The normalized spacial score (nSPS) is 15.6. The van der Waals surface area contributed by atoms with E-state index >= 15 is 0 Å². The van der Waals surface area contributed by atoms with E-state index in [9.17, 15) is 5.11 Å². The van der Waals surface area contributed by atoms with Gasteiger partial charge in [0.25, 0.3) is 0 Å². The van der Waals surface area contributed by atoms with Gasteiger partial charge in [-0.15, -0.1) is 0 Å². The van der Waals surface area contributed by atoms with E-state index in [1.807, 2.05) is 53.7 Å². The predicted octanol–water partition coefficient (Wildman–Crippen LogP) is 2.64. The van der Waals surface area contributed by atoms with Gasteiger partial charge in [-0.1, -0.05) is 18.2 Å². The molecule has 2 N–H and O–H groups in total. The monoisotopic (exact) mass is 305 g/mol. The smallest absolute Gasteiger partial charge is 0.0645 e. The van der Waals surface area contributed by atoms with E-state index in [2.05, 4.69) is 24.3 Å². The van der Waals surface area contributed by atoms with Crippen LogP contribution in [-0.2, 0) is 0 Å². The van der Waals surface area contributed by atoms with Crippen LogP contribution in [0, 0.1) is 0 Å². The van der Waals surface area contributed by atoms with Crippen LogP contribution in [0.15, 0.2) is 42.7 Å². The summed E-state index contributed by atoms with van der Waals surface area (Å²) in [5.41, 5.74) is 2.20. The number of benzene rings is 1. The summed E-state index contributed by atoms with van der Waals surface area (Å²) >= 11 is 1.68. The minimum absolute atomic E-state index is 0.186. The van der Waals surface area contributed by atoms with Gasteiger partial charge in [-0.2, -0.15) is 16.9 Å². The maximum Gasteiger partial charge on any atom is 0.0645 e. The Balaban J connectivity index is 2.04. The van der Waals surface area contributed by atoms with Crippen LogP contribution in [-0.4, -0.2) is 39.0 Å². The zero-order valence-corrected chi connectivity index (χ0v) is 13.5. The molecule has 21 heavy (non-hydrogen) atoms. The lowest BCUT2D eigenvalue weighted by Crippen LogP contribution is -2.38. The molecule has 0 fully saturated rings. The largest absolute Gasteiger partial charge is 0.395 e. The van der Waals surface area contributed by atoms with Crippen LogP contribution >= 0.6 is 11.8 Å². The lowest BCUT2D eigenvalue weighted by Gasteiger charge is -2.24. The average molecular weight is 305 g/mol. The first-order valence-electron chi connectivity index (χ1n) is 7.15. The Morgan fingerprint density at radius 2 is 2.00 bits per heavy atom. The van der Waals surface area contributed by atoms with Gasteiger partial charge in [0.1, 0.15) is 0 Å². The van der Waals surface area contributed by atoms with Crippen LogP contribution in [0.25, 0.3) is 5.69 Å². The van der Waals surface area contributed by atoms with Crippen molar-refractivity contribution in [1.82, 2.24) is 15.1 Å². The summed E-state index contributed by atoms with van der Waals surface area (Å²) in [6.45, 7) is 4.42. The summed E-state index contributed by atoms with van der Waals surface area (Å²) in [6.07, 6.45) is 5.97. The SMILES string of the molecule is CSC(CO)C(C)NC(C)c1cnn(-c2ccccc2)c1. The van der Waals surface area contributed by atoms with Crippen LogP contribution < -0.4 is 5.32 Å². The van der Waals surface area contributed by atoms with Gasteiger partial charge in [0.05, 0.1) is 18.5 Å². The van der Waals surface area contributed by atoms with Gasteiger partial charge in [0.2, 0.25) is 0 Å². The second-order valence-corrected chi connectivity index (χ2v) is 6.26. The highest BCUT2D eigenvalue weighted by Gasteiger charge is 2.18. The molecule has 1 aromatic carbocycles. The molecule has 0 aliphatic rings. The van der Waals surface area contributed by atoms with Gasteiger partial charge >= 0.3 is 0 Å². The quantitative estimate of drug-likeness (QED) is 0.825. The van der Waals surface area contributed by atoms with E-state index in [1.54, 1.807) is 11.8 Å². The highest BCUT2D eigenvalue weighted by atomic mass is 32.2. The number of hydrogen-bond acceptors (Lipinski definition) is 4. The topological polar surface area (TPSA) is 50.1 Å². The predicted molar refractivity (Wildman–Crippen MR) is 89.0 cm³/mol. The molecule has 0 saturated heterocycles. The number of aliphatic hydroxyl groups is 1. The molecule has 3 unspecified atom stereocenters. The van der Waals surface area contributed by atoms with E-state index in [4.69, 9.17) is 0 Å². The van der Waals surface area contributed by atoms with Crippen molar-refractivity contribution in [3.05, 3.63) is 48.3 Å². The molecule has 2 aromatic rings. The highest BCUT2D eigenvalue weighted by molar-refractivity contribution is 7.99. The molecule has 0 aliphatic carbocycles. The Morgan fingerprint density at radius 3 is 2.62 bits per heavy atom. The maximum absolute atomic E-state index is 9.36.